The molecule has 0 unspecified atom stereocenters. The third kappa shape index (κ3) is 2.94. The Morgan fingerprint density at radius 2 is 1.71 bits per heavy atom. The van der Waals surface area contributed by atoms with Crippen LogP contribution in [-0.4, -0.2) is 5.91 Å². The van der Waals surface area contributed by atoms with E-state index in [0.29, 0.717) is 11.4 Å². The highest BCUT2D eigenvalue weighted by molar-refractivity contribution is 5.92. The maximum absolute atomic E-state index is 11.1. The van der Waals surface area contributed by atoms with Crippen LogP contribution in [0.1, 0.15) is 10.4 Å². The number of hydrogen-bond acceptors (Lipinski definition) is 2. The first-order valence-corrected chi connectivity index (χ1v) is 4.85. The van der Waals surface area contributed by atoms with E-state index in [4.69, 9.17) is 11.5 Å². The summed E-state index contributed by atoms with van der Waals surface area (Å²) in [6.45, 7) is 0. The van der Waals surface area contributed by atoms with E-state index in [1.165, 1.54) is 0 Å². The van der Waals surface area contributed by atoms with Crippen LogP contribution in [0.15, 0.2) is 48.7 Å². The number of benzene rings is 1. The van der Waals surface area contributed by atoms with Gasteiger partial charge in [0.2, 0.25) is 0 Å². The molecule has 0 radical (unpaired) electrons. The fraction of sp³-hybridized carbons (Fsp3) is 0. The molecule has 0 bridgehead atoms. The van der Waals surface area contributed by atoms with Crippen molar-refractivity contribution in [3.63, 3.8) is 0 Å². The lowest BCUT2D eigenvalue weighted by atomic mass is 10.2. The number of para-hydroxylation sites is 1. The molecule has 1 amide bonds. The summed E-state index contributed by atoms with van der Waals surface area (Å²) in [6, 6.07) is 12.8. The monoisotopic (exact) mass is 341 g/mol. The van der Waals surface area contributed by atoms with Crippen molar-refractivity contribution in [2.75, 3.05) is 5.73 Å². The zero-order valence-corrected chi connectivity index (χ0v) is 11.2. The maximum atomic E-state index is 11.1. The van der Waals surface area contributed by atoms with Gasteiger partial charge in [0.25, 0.3) is 11.7 Å². The minimum absolute atomic E-state index is 0. The van der Waals surface area contributed by atoms with Crippen molar-refractivity contribution < 1.29 is 33.3 Å². The third-order valence-electron chi connectivity index (χ3n) is 2.30. The Bertz CT molecular complexity index is 529. The van der Waals surface area contributed by atoms with Gasteiger partial charge in [-0.1, -0.05) is 18.2 Å². The highest BCUT2D eigenvalue weighted by atomic mass is 127. The second-order valence-electron chi connectivity index (χ2n) is 3.41. The molecule has 17 heavy (non-hydrogen) atoms. The average molecular weight is 341 g/mol. The molecule has 4 nitrogen and oxygen atoms in total. The summed E-state index contributed by atoms with van der Waals surface area (Å²) in [4.78, 5) is 11.1. The molecule has 0 fully saturated rings. The SMILES string of the molecule is NC(=O)c1ccc(N)[n+](-c2ccccc2)c1.[I-]. The number of nitrogens with two attached hydrogens (primary N) is 2. The minimum atomic E-state index is -0.468. The molecular formula is C12H12IN3O. The first-order valence-electron chi connectivity index (χ1n) is 4.85. The van der Waals surface area contributed by atoms with Crippen LogP contribution in [0.3, 0.4) is 0 Å². The van der Waals surface area contributed by atoms with E-state index < -0.39 is 5.91 Å². The van der Waals surface area contributed by atoms with Gasteiger partial charge in [0.05, 0.1) is 5.56 Å². The number of rotatable bonds is 2. The van der Waals surface area contributed by atoms with Gasteiger partial charge in [0, 0.05) is 6.07 Å². The molecule has 1 aromatic carbocycles. The van der Waals surface area contributed by atoms with E-state index in [-0.39, 0.29) is 24.0 Å². The lowest BCUT2D eigenvalue weighted by Gasteiger charge is -2.03. The molecule has 0 aliphatic heterocycles. The predicted octanol–water partition coefficient (Wildman–Crippen LogP) is -2.35. The molecule has 4 N–H and O–H groups in total. The number of amides is 1. The maximum Gasteiger partial charge on any atom is 0.277 e. The largest absolute Gasteiger partial charge is 1.00 e. The zero-order valence-electron chi connectivity index (χ0n) is 9.01. The summed E-state index contributed by atoms with van der Waals surface area (Å²) in [5.74, 6) is 0.0841. The van der Waals surface area contributed by atoms with Crippen LogP contribution >= 0.6 is 0 Å². The first-order chi connectivity index (χ1) is 7.68. The molecule has 2 aromatic rings. The number of nitrogen functional groups attached to an aromatic ring is 1. The van der Waals surface area contributed by atoms with Gasteiger partial charge in [-0.2, -0.15) is 4.57 Å². The van der Waals surface area contributed by atoms with Crippen molar-refractivity contribution in [1.29, 1.82) is 0 Å². The summed E-state index contributed by atoms with van der Waals surface area (Å²) < 4.78 is 1.72. The van der Waals surface area contributed by atoms with E-state index in [1.54, 1.807) is 22.9 Å². The average Bonchev–Trinajstić information content (AvgIpc) is 2.30. The van der Waals surface area contributed by atoms with Crippen molar-refractivity contribution >= 4 is 11.7 Å². The smallest absolute Gasteiger partial charge is 0.277 e. The number of hydrogen-bond donors (Lipinski definition) is 2. The van der Waals surface area contributed by atoms with E-state index in [0.717, 1.165) is 5.69 Å². The predicted molar refractivity (Wildman–Crippen MR) is 60.9 cm³/mol. The molecular weight excluding hydrogens is 329 g/mol. The fourth-order valence-corrected chi connectivity index (χ4v) is 1.47. The molecule has 0 aliphatic carbocycles. The number of nitrogens with zero attached hydrogens (tertiary/aromatic N) is 1. The normalized spacial score (nSPS) is 9.41. The van der Waals surface area contributed by atoms with Gasteiger partial charge in [-0.05, 0) is 18.2 Å². The summed E-state index contributed by atoms with van der Waals surface area (Å²) in [5, 5.41) is 0. The number of halogens is 1. The van der Waals surface area contributed by atoms with Gasteiger partial charge < -0.3 is 29.7 Å². The lowest BCUT2D eigenvalue weighted by molar-refractivity contribution is -0.580. The Balaban J connectivity index is 0.00000144. The zero-order chi connectivity index (χ0) is 11.5. The van der Waals surface area contributed by atoms with Gasteiger partial charge in [-0.3, -0.25) is 10.5 Å². The van der Waals surface area contributed by atoms with Gasteiger partial charge in [-0.15, -0.1) is 0 Å². The number of anilines is 1. The number of carbonyl (C=O) groups excluding carboxylic acids is 1. The van der Waals surface area contributed by atoms with Crippen LogP contribution < -0.4 is 40.0 Å². The van der Waals surface area contributed by atoms with Gasteiger partial charge in [-0.25, -0.2) is 0 Å². The van der Waals surface area contributed by atoms with E-state index >= 15 is 0 Å². The molecule has 5 heteroatoms. The fourth-order valence-electron chi connectivity index (χ4n) is 1.47. The van der Waals surface area contributed by atoms with E-state index in [9.17, 15) is 4.79 Å². The molecule has 1 aromatic heterocycles. The minimum Gasteiger partial charge on any atom is -1.00 e. The van der Waals surface area contributed by atoms with Crippen molar-refractivity contribution in [3.05, 3.63) is 54.2 Å². The van der Waals surface area contributed by atoms with Gasteiger partial charge in [0.15, 0.2) is 0 Å². The van der Waals surface area contributed by atoms with Crippen LogP contribution in [-0.2, 0) is 0 Å². The molecule has 2 rings (SSSR count). The standard InChI is InChI=1S/C12H11N3O.HI/c13-11-7-6-9(12(14)16)8-15(11)10-4-2-1-3-5-10;/h1-8,13H,(H2,14,16);1H. The van der Waals surface area contributed by atoms with Crippen LogP contribution in [0.25, 0.3) is 5.69 Å². The lowest BCUT2D eigenvalue weighted by Crippen LogP contribution is -3.00. The highest BCUT2D eigenvalue weighted by Crippen LogP contribution is 2.04. The van der Waals surface area contributed by atoms with E-state index in [1.807, 2.05) is 30.3 Å². The Morgan fingerprint density at radius 1 is 1.06 bits per heavy atom. The number of pyridine rings is 1. The molecule has 1 heterocycles. The molecule has 88 valence electrons. The van der Waals surface area contributed by atoms with Crippen molar-refractivity contribution in [2.45, 2.75) is 0 Å². The van der Waals surface area contributed by atoms with Gasteiger partial charge >= 0.3 is 0 Å². The van der Waals surface area contributed by atoms with Crippen molar-refractivity contribution in [2.24, 2.45) is 5.73 Å². The Kier molecular flexibility index (Phi) is 4.45. The third-order valence-corrected chi connectivity index (χ3v) is 2.30. The number of primary amides is 1. The Morgan fingerprint density at radius 3 is 2.29 bits per heavy atom. The van der Waals surface area contributed by atoms with Crippen LogP contribution in [0.2, 0.25) is 0 Å². The Hall–Kier alpha value is -1.63. The van der Waals surface area contributed by atoms with Crippen LogP contribution in [0.5, 0.6) is 0 Å². The molecule has 0 aliphatic rings. The van der Waals surface area contributed by atoms with Crippen LogP contribution in [0.4, 0.5) is 5.82 Å². The van der Waals surface area contributed by atoms with Gasteiger partial charge in [0.1, 0.15) is 11.9 Å². The van der Waals surface area contributed by atoms with Crippen LogP contribution in [0, 0.1) is 0 Å². The second-order valence-corrected chi connectivity index (χ2v) is 3.41. The van der Waals surface area contributed by atoms with E-state index in [2.05, 4.69) is 0 Å². The highest BCUT2D eigenvalue weighted by Gasteiger charge is 2.10. The Labute approximate surface area is 116 Å². The summed E-state index contributed by atoms with van der Waals surface area (Å²) in [5.41, 5.74) is 12.4. The molecule has 0 atom stereocenters. The molecule has 0 saturated carbocycles. The first kappa shape index (κ1) is 13.4. The molecule has 0 spiro atoms. The summed E-state index contributed by atoms with van der Waals surface area (Å²) in [6.07, 6.45) is 1.63. The van der Waals surface area contributed by atoms with Crippen molar-refractivity contribution in [1.82, 2.24) is 0 Å². The topological polar surface area (TPSA) is 73.0 Å². The summed E-state index contributed by atoms with van der Waals surface area (Å²) >= 11 is 0. The second kappa shape index (κ2) is 5.62. The molecule has 0 saturated heterocycles. The summed E-state index contributed by atoms with van der Waals surface area (Å²) in [7, 11) is 0. The quantitative estimate of drug-likeness (QED) is 0.474. The number of carbonyl (C=O) groups is 1. The van der Waals surface area contributed by atoms with Crippen molar-refractivity contribution in [3.8, 4) is 5.69 Å². The number of aromatic nitrogens is 1.